The highest BCUT2D eigenvalue weighted by Gasteiger charge is 2.29. The van der Waals surface area contributed by atoms with Crippen LogP contribution < -0.4 is 27.0 Å². The average molecular weight is 564 g/mol. The molecule has 0 aliphatic rings. The van der Waals surface area contributed by atoms with E-state index in [0.717, 1.165) is 0 Å². The van der Waals surface area contributed by atoms with Gasteiger partial charge in [0.2, 0.25) is 23.6 Å². The zero-order valence-corrected chi connectivity index (χ0v) is 22.3. The van der Waals surface area contributed by atoms with Gasteiger partial charge in [-0.15, -0.1) is 0 Å². The minimum atomic E-state index is -1.63. The van der Waals surface area contributed by atoms with Crippen molar-refractivity contribution in [3.63, 3.8) is 0 Å². The summed E-state index contributed by atoms with van der Waals surface area (Å²) in [5, 5.41) is 36.2. The largest absolute Gasteiger partial charge is 0.481 e. The van der Waals surface area contributed by atoms with Crippen molar-refractivity contribution >= 4 is 53.3 Å². The molecule has 15 nitrogen and oxygen atoms in total. The molecule has 0 saturated heterocycles. The monoisotopic (exact) mass is 563 g/mol. The van der Waals surface area contributed by atoms with E-state index in [2.05, 4.69) is 21.3 Å². The third kappa shape index (κ3) is 15.0. The van der Waals surface area contributed by atoms with Gasteiger partial charge in [-0.1, -0.05) is 13.8 Å². The van der Waals surface area contributed by atoms with Crippen LogP contribution in [0.5, 0.6) is 0 Å². The summed E-state index contributed by atoms with van der Waals surface area (Å²) in [6, 6.07) is -5.21. The van der Waals surface area contributed by atoms with Crippen molar-refractivity contribution in [2.24, 2.45) is 11.7 Å². The van der Waals surface area contributed by atoms with Crippen molar-refractivity contribution in [3.05, 3.63) is 0 Å². The van der Waals surface area contributed by atoms with Crippen molar-refractivity contribution in [1.29, 1.82) is 0 Å². The molecule has 38 heavy (non-hydrogen) atoms. The zero-order valence-electron chi connectivity index (χ0n) is 21.5. The lowest BCUT2D eigenvalue weighted by molar-refractivity contribution is -0.143. The van der Waals surface area contributed by atoms with Gasteiger partial charge >= 0.3 is 17.9 Å². The Balaban J connectivity index is 5.25. The Labute approximate surface area is 224 Å². The molecule has 0 unspecified atom stereocenters. The van der Waals surface area contributed by atoms with Crippen molar-refractivity contribution in [2.45, 2.75) is 70.1 Å². The second-order valence-electron chi connectivity index (χ2n) is 8.85. The van der Waals surface area contributed by atoms with E-state index in [1.165, 1.54) is 11.8 Å². The standard InChI is InChI=1S/C22H37N5O10S/c1-11(2)8-12(23)19(33)26-13(4-5-17(29)30)20(34)24-10-16(28)25-15(9-18(31)32)21(35)27-14(22(36)37)6-7-38-3/h11-15H,4-10,23H2,1-3H3,(H,24,34)(H,25,28)(H,26,33)(H,27,35)(H,29,30)(H,31,32)(H,36,37)/t12-,13-,14-,15-/m0/s1. The first-order valence-electron chi connectivity index (χ1n) is 11.8. The van der Waals surface area contributed by atoms with E-state index in [9.17, 15) is 38.7 Å². The van der Waals surface area contributed by atoms with E-state index in [0.29, 0.717) is 12.2 Å². The number of thioether (sulfide) groups is 1. The fourth-order valence-electron chi connectivity index (χ4n) is 3.12. The van der Waals surface area contributed by atoms with Gasteiger partial charge in [0.15, 0.2) is 0 Å². The van der Waals surface area contributed by atoms with Crippen LogP contribution in [0.15, 0.2) is 0 Å². The summed E-state index contributed by atoms with van der Waals surface area (Å²) < 4.78 is 0. The molecule has 0 fully saturated rings. The van der Waals surface area contributed by atoms with Gasteiger partial charge in [0.1, 0.15) is 18.1 Å². The number of carbonyl (C=O) groups is 7. The van der Waals surface area contributed by atoms with Crippen molar-refractivity contribution in [3.8, 4) is 0 Å². The molecule has 0 aliphatic carbocycles. The van der Waals surface area contributed by atoms with Crippen molar-refractivity contribution < 1.29 is 48.9 Å². The van der Waals surface area contributed by atoms with Gasteiger partial charge in [0.05, 0.1) is 19.0 Å². The Morgan fingerprint density at radius 2 is 1.39 bits per heavy atom. The van der Waals surface area contributed by atoms with Gasteiger partial charge in [-0.25, -0.2) is 4.79 Å². The predicted molar refractivity (Wildman–Crippen MR) is 136 cm³/mol. The number of nitrogens with one attached hydrogen (secondary N) is 4. The number of carbonyl (C=O) groups excluding carboxylic acids is 4. The van der Waals surface area contributed by atoms with Crippen LogP contribution >= 0.6 is 11.8 Å². The maximum Gasteiger partial charge on any atom is 0.326 e. The first-order valence-corrected chi connectivity index (χ1v) is 13.2. The third-order valence-electron chi connectivity index (χ3n) is 5.02. The minimum absolute atomic E-state index is 0.0658. The molecule has 9 N–H and O–H groups in total. The lowest BCUT2D eigenvalue weighted by Gasteiger charge is -2.22. The molecule has 0 aromatic heterocycles. The number of amides is 4. The summed E-state index contributed by atoms with van der Waals surface area (Å²) in [5.41, 5.74) is 5.80. The van der Waals surface area contributed by atoms with E-state index in [4.69, 9.17) is 15.9 Å². The lowest BCUT2D eigenvalue weighted by atomic mass is 10.0. The maximum atomic E-state index is 12.6. The molecular formula is C22H37N5O10S. The SMILES string of the molecule is CSCC[C@H](NC(=O)[C@H](CC(=O)O)NC(=O)CNC(=O)[C@H](CCC(=O)O)NC(=O)[C@@H](N)CC(C)C)C(=O)O. The Morgan fingerprint density at radius 3 is 1.89 bits per heavy atom. The molecule has 4 amide bonds. The quantitative estimate of drug-likeness (QED) is 0.0858. The Kier molecular flexibility index (Phi) is 16.3. The highest BCUT2D eigenvalue weighted by molar-refractivity contribution is 7.98. The Hall–Kier alpha value is -3.40. The number of aliphatic carboxylic acids is 3. The topological polar surface area (TPSA) is 254 Å². The molecule has 0 aliphatic heterocycles. The van der Waals surface area contributed by atoms with E-state index >= 15 is 0 Å². The number of carboxylic acids is 3. The third-order valence-corrected chi connectivity index (χ3v) is 5.66. The molecule has 0 rings (SSSR count). The van der Waals surface area contributed by atoms with E-state index in [1.54, 1.807) is 6.26 Å². The first kappa shape index (κ1) is 34.6. The van der Waals surface area contributed by atoms with Crippen LogP contribution in [0.1, 0.15) is 46.0 Å². The minimum Gasteiger partial charge on any atom is -0.481 e. The molecule has 16 heteroatoms. The molecule has 0 radical (unpaired) electrons. The van der Waals surface area contributed by atoms with Crippen molar-refractivity contribution in [1.82, 2.24) is 21.3 Å². The first-order chi connectivity index (χ1) is 17.7. The zero-order chi connectivity index (χ0) is 29.4. The molecular weight excluding hydrogens is 526 g/mol. The summed E-state index contributed by atoms with van der Waals surface area (Å²) in [4.78, 5) is 83.2. The van der Waals surface area contributed by atoms with Crippen LogP contribution in [0.4, 0.5) is 0 Å². The maximum absolute atomic E-state index is 12.6. The van der Waals surface area contributed by atoms with Crippen LogP contribution in [0, 0.1) is 5.92 Å². The normalized spacial score (nSPS) is 13.9. The number of nitrogens with two attached hydrogens (primary N) is 1. The Bertz CT molecular complexity index is 869. The molecule has 0 saturated carbocycles. The van der Waals surface area contributed by atoms with E-state index in [-0.39, 0.29) is 18.8 Å². The summed E-state index contributed by atoms with van der Waals surface area (Å²) in [6.45, 7) is 2.93. The molecule has 0 aromatic rings. The molecule has 0 heterocycles. The summed E-state index contributed by atoms with van der Waals surface area (Å²) in [6.07, 6.45) is 0.502. The van der Waals surface area contributed by atoms with Crippen LogP contribution in [0.25, 0.3) is 0 Å². The number of carboxylic acid groups (broad SMARTS) is 3. The summed E-state index contributed by atoms with van der Waals surface area (Å²) >= 11 is 1.34. The fraction of sp³-hybridized carbons (Fsp3) is 0.682. The number of hydrogen-bond acceptors (Lipinski definition) is 9. The predicted octanol–water partition coefficient (Wildman–Crippen LogP) is -1.89. The second kappa shape index (κ2) is 18.0. The Morgan fingerprint density at radius 1 is 0.789 bits per heavy atom. The molecule has 0 bridgehead atoms. The molecule has 216 valence electrons. The van der Waals surface area contributed by atoms with Gasteiger partial charge in [0.25, 0.3) is 0 Å². The van der Waals surface area contributed by atoms with Crippen LogP contribution in [0.3, 0.4) is 0 Å². The lowest BCUT2D eigenvalue weighted by Crippen LogP contribution is -2.55. The molecule has 0 spiro atoms. The second-order valence-corrected chi connectivity index (χ2v) is 9.83. The van der Waals surface area contributed by atoms with Gasteiger partial charge < -0.3 is 42.3 Å². The van der Waals surface area contributed by atoms with E-state index in [1.807, 2.05) is 13.8 Å². The van der Waals surface area contributed by atoms with E-state index < -0.39 is 85.1 Å². The van der Waals surface area contributed by atoms with Gasteiger partial charge in [-0.3, -0.25) is 28.8 Å². The highest BCUT2D eigenvalue weighted by Crippen LogP contribution is 2.05. The van der Waals surface area contributed by atoms with Crippen molar-refractivity contribution in [2.75, 3.05) is 18.6 Å². The molecule has 4 atom stereocenters. The average Bonchev–Trinajstić information content (AvgIpc) is 2.80. The van der Waals surface area contributed by atoms with Gasteiger partial charge in [0, 0.05) is 6.42 Å². The number of hydrogen-bond donors (Lipinski definition) is 8. The van der Waals surface area contributed by atoms with Gasteiger partial charge in [-0.05, 0) is 37.2 Å². The smallest absolute Gasteiger partial charge is 0.326 e. The number of rotatable bonds is 19. The highest BCUT2D eigenvalue weighted by atomic mass is 32.2. The molecule has 0 aromatic carbocycles. The van der Waals surface area contributed by atoms with Crippen LogP contribution in [-0.4, -0.2) is 99.6 Å². The summed E-state index contributed by atoms with van der Waals surface area (Å²) in [7, 11) is 0. The van der Waals surface area contributed by atoms with Crippen LogP contribution in [-0.2, 0) is 33.6 Å². The van der Waals surface area contributed by atoms with Crippen LogP contribution in [0.2, 0.25) is 0 Å². The summed E-state index contributed by atoms with van der Waals surface area (Å²) in [5.74, 6) is -7.10. The van der Waals surface area contributed by atoms with Gasteiger partial charge in [-0.2, -0.15) is 11.8 Å². The fourth-order valence-corrected chi connectivity index (χ4v) is 3.59.